The van der Waals surface area contributed by atoms with Gasteiger partial charge in [0.15, 0.2) is 0 Å². The Bertz CT molecular complexity index is 1540. The minimum Gasteiger partial charge on any atom is -0.462 e. The van der Waals surface area contributed by atoms with E-state index in [-0.39, 0.29) is 12.4 Å². The summed E-state index contributed by atoms with van der Waals surface area (Å²) < 4.78 is 6.89. The van der Waals surface area contributed by atoms with E-state index < -0.39 is 5.97 Å². The van der Waals surface area contributed by atoms with Crippen LogP contribution in [0.3, 0.4) is 0 Å². The van der Waals surface area contributed by atoms with E-state index in [4.69, 9.17) is 16.3 Å². The zero-order valence-electron chi connectivity index (χ0n) is 17.8. The van der Waals surface area contributed by atoms with Crippen molar-refractivity contribution in [1.29, 1.82) is 0 Å². The topological polar surface area (TPSA) is 60.7 Å². The van der Waals surface area contributed by atoms with Crippen LogP contribution in [0.25, 0.3) is 27.5 Å². The molecule has 0 amide bonds. The maximum Gasteiger partial charge on any atom is 0.340 e. The molecule has 5 nitrogen and oxygen atoms in total. The van der Waals surface area contributed by atoms with Gasteiger partial charge in [-0.15, -0.1) is 0 Å². The van der Waals surface area contributed by atoms with E-state index in [1.54, 1.807) is 48.0 Å². The standard InChI is InChI=1S/C27H19ClN2O3/c1-2-33-27(32)22-14-25(26(31)20-11-10-17-6-3-4-7-18(17)12-20)30-16-29-23(15-24(22)30)19-8-5-9-21(28)13-19/h3-16H,2H2,1H3. The lowest BCUT2D eigenvalue weighted by atomic mass is 10.0. The van der Waals surface area contributed by atoms with Crippen molar-refractivity contribution in [2.24, 2.45) is 0 Å². The van der Waals surface area contributed by atoms with Gasteiger partial charge in [-0.25, -0.2) is 9.78 Å². The number of aromatic nitrogens is 2. The van der Waals surface area contributed by atoms with E-state index in [0.29, 0.717) is 33.1 Å². The molecule has 0 atom stereocenters. The van der Waals surface area contributed by atoms with Gasteiger partial charge in [0.05, 0.1) is 29.1 Å². The van der Waals surface area contributed by atoms with E-state index in [1.807, 2.05) is 48.5 Å². The third kappa shape index (κ3) is 3.88. The van der Waals surface area contributed by atoms with Gasteiger partial charge in [-0.1, -0.05) is 60.1 Å². The number of esters is 1. The Labute approximate surface area is 195 Å². The fraction of sp³-hybridized carbons (Fsp3) is 0.0741. The Kier molecular flexibility index (Phi) is 5.40. The van der Waals surface area contributed by atoms with E-state index >= 15 is 0 Å². The monoisotopic (exact) mass is 454 g/mol. The molecule has 162 valence electrons. The second-order valence-corrected chi connectivity index (χ2v) is 8.03. The zero-order chi connectivity index (χ0) is 22.9. The Morgan fingerprint density at radius 1 is 0.939 bits per heavy atom. The molecule has 6 heteroatoms. The van der Waals surface area contributed by atoms with Gasteiger partial charge in [0.25, 0.3) is 0 Å². The zero-order valence-corrected chi connectivity index (χ0v) is 18.5. The molecule has 2 heterocycles. The van der Waals surface area contributed by atoms with Crippen molar-refractivity contribution in [2.75, 3.05) is 6.61 Å². The highest BCUT2D eigenvalue weighted by atomic mass is 35.5. The average Bonchev–Trinajstić information content (AvgIpc) is 3.22. The summed E-state index contributed by atoms with van der Waals surface area (Å²) >= 11 is 6.14. The van der Waals surface area contributed by atoms with Crippen molar-refractivity contribution in [3.63, 3.8) is 0 Å². The van der Waals surface area contributed by atoms with Crippen LogP contribution in [0.15, 0.2) is 85.2 Å². The molecule has 3 aromatic carbocycles. The van der Waals surface area contributed by atoms with Gasteiger partial charge in [-0.2, -0.15) is 0 Å². The lowest BCUT2D eigenvalue weighted by Gasteiger charge is -2.07. The number of ether oxygens (including phenoxy) is 1. The molecule has 0 aliphatic heterocycles. The molecule has 0 bridgehead atoms. The first-order chi connectivity index (χ1) is 16.0. The van der Waals surface area contributed by atoms with Gasteiger partial charge in [-0.05, 0) is 48.0 Å². The van der Waals surface area contributed by atoms with Crippen LogP contribution in [0, 0.1) is 0 Å². The minimum absolute atomic E-state index is 0.205. The first kappa shape index (κ1) is 20.9. The van der Waals surface area contributed by atoms with E-state index in [2.05, 4.69) is 4.98 Å². The Balaban J connectivity index is 1.66. The van der Waals surface area contributed by atoms with Gasteiger partial charge >= 0.3 is 5.97 Å². The summed E-state index contributed by atoms with van der Waals surface area (Å²) in [7, 11) is 0. The Morgan fingerprint density at radius 2 is 1.76 bits per heavy atom. The Hall–Kier alpha value is -3.96. The molecule has 0 saturated heterocycles. The van der Waals surface area contributed by atoms with Crippen molar-refractivity contribution in [2.45, 2.75) is 6.92 Å². The van der Waals surface area contributed by atoms with Crippen LogP contribution in [0.2, 0.25) is 5.02 Å². The van der Waals surface area contributed by atoms with E-state index in [9.17, 15) is 9.59 Å². The largest absolute Gasteiger partial charge is 0.462 e. The van der Waals surface area contributed by atoms with Gasteiger partial charge in [0.1, 0.15) is 6.33 Å². The van der Waals surface area contributed by atoms with Crippen molar-refractivity contribution in [1.82, 2.24) is 9.38 Å². The number of halogens is 1. The van der Waals surface area contributed by atoms with Crippen molar-refractivity contribution >= 4 is 39.6 Å². The van der Waals surface area contributed by atoms with Crippen LogP contribution < -0.4 is 0 Å². The fourth-order valence-corrected chi connectivity index (χ4v) is 4.12. The maximum atomic E-state index is 13.5. The number of hydrogen-bond donors (Lipinski definition) is 0. The van der Waals surface area contributed by atoms with Gasteiger partial charge in [0, 0.05) is 16.1 Å². The van der Waals surface area contributed by atoms with Crippen LogP contribution in [0.1, 0.15) is 33.3 Å². The summed E-state index contributed by atoms with van der Waals surface area (Å²) in [6.07, 6.45) is 1.56. The molecular weight excluding hydrogens is 436 g/mol. The number of fused-ring (bicyclic) bond motifs is 2. The van der Waals surface area contributed by atoms with Gasteiger partial charge in [0.2, 0.25) is 5.78 Å². The predicted octanol–water partition coefficient (Wildman–Crippen LogP) is 6.22. The van der Waals surface area contributed by atoms with E-state index in [1.165, 1.54) is 0 Å². The second-order valence-electron chi connectivity index (χ2n) is 7.59. The van der Waals surface area contributed by atoms with Crippen LogP contribution >= 0.6 is 11.6 Å². The number of hydrogen-bond acceptors (Lipinski definition) is 4. The van der Waals surface area contributed by atoms with Gasteiger partial charge in [-0.3, -0.25) is 9.20 Å². The van der Waals surface area contributed by atoms with Crippen molar-refractivity contribution in [3.05, 3.63) is 107 Å². The van der Waals surface area contributed by atoms with Crippen LogP contribution in [0.5, 0.6) is 0 Å². The normalized spacial score (nSPS) is 11.1. The quantitative estimate of drug-likeness (QED) is 0.234. The smallest absolute Gasteiger partial charge is 0.340 e. The summed E-state index contributed by atoms with van der Waals surface area (Å²) in [5.41, 5.74) is 3.17. The maximum absolute atomic E-state index is 13.5. The highest BCUT2D eigenvalue weighted by Crippen LogP contribution is 2.27. The molecular formula is C27H19ClN2O3. The highest BCUT2D eigenvalue weighted by molar-refractivity contribution is 6.30. The molecule has 0 radical (unpaired) electrons. The third-order valence-corrected chi connectivity index (χ3v) is 5.76. The molecule has 0 N–H and O–H groups in total. The molecule has 0 spiro atoms. The number of rotatable bonds is 5. The fourth-order valence-electron chi connectivity index (χ4n) is 3.93. The average molecular weight is 455 g/mol. The summed E-state index contributed by atoms with van der Waals surface area (Å²) in [6.45, 7) is 1.98. The number of benzene rings is 3. The van der Waals surface area contributed by atoms with Gasteiger partial charge < -0.3 is 4.74 Å². The lowest BCUT2D eigenvalue weighted by molar-refractivity contribution is 0.0529. The molecule has 0 saturated carbocycles. The summed E-state index contributed by atoms with van der Waals surface area (Å²) in [4.78, 5) is 30.7. The SMILES string of the molecule is CCOC(=O)c1cc(C(=O)c2ccc3ccccc3c2)n2cnc(-c3cccc(Cl)c3)cc12. The van der Waals surface area contributed by atoms with Crippen molar-refractivity contribution < 1.29 is 14.3 Å². The lowest BCUT2D eigenvalue weighted by Crippen LogP contribution is -2.05. The molecule has 0 aliphatic rings. The first-order valence-corrected chi connectivity index (χ1v) is 10.9. The molecule has 5 rings (SSSR count). The summed E-state index contributed by atoms with van der Waals surface area (Å²) in [5, 5.41) is 2.60. The summed E-state index contributed by atoms with van der Waals surface area (Å²) in [6, 6.07) is 24.1. The van der Waals surface area contributed by atoms with Crippen molar-refractivity contribution in [3.8, 4) is 11.3 Å². The Morgan fingerprint density at radius 3 is 2.55 bits per heavy atom. The van der Waals surface area contributed by atoms with E-state index in [0.717, 1.165) is 16.3 Å². The number of carbonyl (C=O) groups excluding carboxylic acids is 2. The first-order valence-electron chi connectivity index (χ1n) is 10.5. The second kappa shape index (κ2) is 8.52. The number of nitrogens with zero attached hydrogens (tertiary/aromatic N) is 2. The minimum atomic E-state index is -0.490. The molecule has 0 fully saturated rings. The van der Waals surface area contributed by atoms with Crippen LogP contribution in [-0.2, 0) is 4.74 Å². The van der Waals surface area contributed by atoms with Crippen LogP contribution in [-0.4, -0.2) is 27.7 Å². The highest BCUT2D eigenvalue weighted by Gasteiger charge is 2.22. The molecule has 0 aliphatic carbocycles. The summed E-state index contributed by atoms with van der Waals surface area (Å²) in [5.74, 6) is -0.695. The number of ketones is 1. The molecule has 0 unspecified atom stereocenters. The predicted molar refractivity (Wildman–Crippen MR) is 129 cm³/mol. The molecule has 33 heavy (non-hydrogen) atoms. The third-order valence-electron chi connectivity index (χ3n) is 5.52. The molecule has 2 aromatic heterocycles. The van der Waals surface area contributed by atoms with Crippen LogP contribution in [0.4, 0.5) is 0 Å². The number of carbonyl (C=O) groups is 2. The molecule has 5 aromatic rings.